The van der Waals surface area contributed by atoms with Gasteiger partial charge in [0.1, 0.15) is 0 Å². The normalized spacial score (nSPS) is 23.3. The number of benzene rings is 1. The molecule has 19 heavy (non-hydrogen) atoms. The van der Waals surface area contributed by atoms with E-state index in [1.807, 2.05) is 11.3 Å². The number of aryl methyl sites for hydroxylation is 2. The van der Waals surface area contributed by atoms with Gasteiger partial charge in [0.2, 0.25) is 0 Å². The molecule has 0 amide bonds. The molecule has 1 N–H and O–H groups in total. The molecular formula is C16H17NOS. The minimum absolute atomic E-state index is 0.141. The molecule has 0 bridgehead atoms. The van der Waals surface area contributed by atoms with Gasteiger partial charge in [-0.2, -0.15) is 0 Å². The van der Waals surface area contributed by atoms with E-state index in [2.05, 4.69) is 40.6 Å². The molecule has 1 aliphatic heterocycles. The fraction of sp³-hybridized carbons (Fsp3) is 0.375. The summed E-state index contributed by atoms with van der Waals surface area (Å²) < 4.78 is 0. The van der Waals surface area contributed by atoms with Crippen molar-refractivity contribution in [2.75, 3.05) is 13.1 Å². The number of hydrogen-bond donors (Lipinski definition) is 1. The maximum atomic E-state index is 9.63. The van der Waals surface area contributed by atoms with Crippen molar-refractivity contribution < 1.29 is 5.11 Å². The van der Waals surface area contributed by atoms with Crippen LogP contribution >= 0.6 is 11.3 Å². The van der Waals surface area contributed by atoms with E-state index in [-0.39, 0.29) is 6.10 Å². The smallest absolute Gasteiger partial charge is 0.0794 e. The molecule has 1 atom stereocenters. The first-order chi connectivity index (χ1) is 9.33. The Labute approximate surface area is 117 Å². The van der Waals surface area contributed by atoms with Gasteiger partial charge in [0, 0.05) is 18.0 Å². The van der Waals surface area contributed by atoms with Gasteiger partial charge in [-0.3, -0.25) is 4.90 Å². The van der Waals surface area contributed by atoms with E-state index in [1.165, 1.54) is 21.6 Å². The van der Waals surface area contributed by atoms with E-state index >= 15 is 0 Å². The van der Waals surface area contributed by atoms with Crippen LogP contribution in [-0.2, 0) is 12.8 Å². The average molecular weight is 271 g/mol. The average Bonchev–Trinajstić information content (AvgIpc) is 2.79. The second-order valence-corrected chi connectivity index (χ2v) is 6.51. The highest BCUT2D eigenvalue weighted by atomic mass is 32.1. The molecule has 98 valence electrons. The summed E-state index contributed by atoms with van der Waals surface area (Å²) in [5.74, 6) is 0. The molecule has 1 saturated heterocycles. The zero-order valence-corrected chi connectivity index (χ0v) is 11.6. The van der Waals surface area contributed by atoms with Crippen molar-refractivity contribution in [3.8, 4) is 0 Å². The summed E-state index contributed by atoms with van der Waals surface area (Å²) in [6.07, 6.45) is 2.14. The van der Waals surface area contributed by atoms with Crippen LogP contribution in [0.4, 0.5) is 0 Å². The van der Waals surface area contributed by atoms with Crippen LogP contribution in [0, 0.1) is 0 Å². The van der Waals surface area contributed by atoms with Gasteiger partial charge in [-0.05, 0) is 41.0 Å². The third kappa shape index (κ3) is 1.84. The molecule has 2 nitrogen and oxygen atoms in total. The van der Waals surface area contributed by atoms with Crippen LogP contribution in [-0.4, -0.2) is 29.2 Å². The van der Waals surface area contributed by atoms with Crippen LogP contribution in [0.5, 0.6) is 0 Å². The van der Waals surface area contributed by atoms with Gasteiger partial charge in [0.05, 0.1) is 12.1 Å². The van der Waals surface area contributed by atoms with E-state index in [4.69, 9.17) is 0 Å². The molecule has 4 rings (SSSR count). The lowest BCUT2D eigenvalue weighted by Crippen LogP contribution is -2.52. The number of fused-ring (bicyclic) bond motifs is 2. The third-order valence-electron chi connectivity index (χ3n) is 4.30. The molecule has 1 aliphatic carbocycles. The Hall–Kier alpha value is -1.16. The van der Waals surface area contributed by atoms with Gasteiger partial charge in [0.15, 0.2) is 0 Å². The molecule has 0 saturated carbocycles. The van der Waals surface area contributed by atoms with Crippen LogP contribution < -0.4 is 0 Å². The fourth-order valence-corrected chi connectivity index (χ4v) is 4.25. The molecule has 0 radical (unpaired) electrons. The minimum atomic E-state index is -0.141. The second kappa shape index (κ2) is 4.44. The summed E-state index contributed by atoms with van der Waals surface area (Å²) in [4.78, 5) is 3.92. The van der Waals surface area contributed by atoms with Crippen molar-refractivity contribution in [3.05, 3.63) is 57.3 Å². The Bertz CT molecular complexity index is 600. The van der Waals surface area contributed by atoms with Gasteiger partial charge in [0.25, 0.3) is 0 Å². The van der Waals surface area contributed by atoms with E-state index in [0.717, 1.165) is 25.9 Å². The van der Waals surface area contributed by atoms with E-state index in [1.54, 1.807) is 0 Å². The highest BCUT2D eigenvalue weighted by molar-refractivity contribution is 7.10. The number of rotatable bonds is 1. The lowest BCUT2D eigenvalue weighted by Gasteiger charge is -2.42. The zero-order chi connectivity index (χ0) is 12.8. The van der Waals surface area contributed by atoms with Gasteiger partial charge >= 0.3 is 0 Å². The summed E-state index contributed by atoms with van der Waals surface area (Å²) in [5, 5.41) is 11.8. The number of hydrogen-bond acceptors (Lipinski definition) is 3. The summed E-state index contributed by atoms with van der Waals surface area (Å²) in [6, 6.07) is 11.4. The summed E-state index contributed by atoms with van der Waals surface area (Å²) in [5.41, 5.74) is 4.37. The van der Waals surface area contributed by atoms with Crippen molar-refractivity contribution in [1.82, 2.24) is 4.90 Å². The van der Waals surface area contributed by atoms with Crippen molar-refractivity contribution in [3.63, 3.8) is 0 Å². The molecule has 2 heterocycles. The molecule has 3 heteroatoms. The van der Waals surface area contributed by atoms with E-state index in [0.29, 0.717) is 6.04 Å². The first kappa shape index (κ1) is 11.6. The lowest BCUT2D eigenvalue weighted by molar-refractivity contribution is -0.0160. The lowest BCUT2D eigenvalue weighted by atomic mass is 9.92. The largest absolute Gasteiger partial charge is 0.390 e. The molecule has 2 aliphatic rings. The fourth-order valence-electron chi connectivity index (χ4n) is 3.33. The standard InChI is InChI=1S/C16H17NOS/c18-12-9-17(10-12)16-13-4-2-1-3-11(13)5-6-15-14(16)7-8-19-15/h1-4,7-8,12,16,18H,5-6,9-10H2. The van der Waals surface area contributed by atoms with Crippen LogP contribution in [0.3, 0.4) is 0 Å². The predicted octanol–water partition coefficient (Wildman–Crippen LogP) is 2.61. The van der Waals surface area contributed by atoms with Crippen LogP contribution in [0.2, 0.25) is 0 Å². The van der Waals surface area contributed by atoms with Crippen molar-refractivity contribution >= 4 is 11.3 Å². The highest BCUT2D eigenvalue weighted by Gasteiger charge is 2.36. The number of aliphatic hydroxyl groups is 1. The van der Waals surface area contributed by atoms with Crippen molar-refractivity contribution in [2.45, 2.75) is 25.0 Å². The molecule has 1 aromatic heterocycles. The number of likely N-dealkylation sites (tertiary alicyclic amines) is 1. The Morgan fingerprint density at radius 3 is 2.74 bits per heavy atom. The van der Waals surface area contributed by atoms with Crippen LogP contribution in [0.25, 0.3) is 0 Å². The highest BCUT2D eigenvalue weighted by Crippen LogP contribution is 2.40. The van der Waals surface area contributed by atoms with E-state index in [9.17, 15) is 5.11 Å². The third-order valence-corrected chi connectivity index (χ3v) is 5.30. The molecule has 1 unspecified atom stereocenters. The monoisotopic (exact) mass is 271 g/mol. The van der Waals surface area contributed by atoms with Crippen molar-refractivity contribution in [1.29, 1.82) is 0 Å². The summed E-state index contributed by atoms with van der Waals surface area (Å²) in [6.45, 7) is 1.60. The zero-order valence-electron chi connectivity index (χ0n) is 10.7. The first-order valence-electron chi connectivity index (χ1n) is 6.89. The van der Waals surface area contributed by atoms with Crippen LogP contribution in [0.1, 0.15) is 27.6 Å². The summed E-state index contributed by atoms with van der Waals surface area (Å²) >= 11 is 1.88. The van der Waals surface area contributed by atoms with Gasteiger partial charge in [-0.25, -0.2) is 0 Å². The molecular weight excluding hydrogens is 254 g/mol. The molecule has 2 aromatic rings. The van der Waals surface area contributed by atoms with E-state index < -0.39 is 0 Å². The number of β-amino-alcohol motifs (C(OH)–C–C–N with tert-alkyl or cyclic N) is 1. The van der Waals surface area contributed by atoms with Crippen molar-refractivity contribution in [2.24, 2.45) is 0 Å². The first-order valence-corrected chi connectivity index (χ1v) is 7.77. The molecule has 0 spiro atoms. The SMILES string of the molecule is OC1CN(C2c3ccccc3CCc3sccc32)C1. The maximum Gasteiger partial charge on any atom is 0.0794 e. The number of aliphatic hydroxyl groups excluding tert-OH is 1. The quantitative estimate of drug-likeness (QED) is 0.862. The maximum absolute atomic E-state index is 9.63. The Balaban J connectivity index is 1.83. The molecule has 1 aromatic carbocycles. The second-order valence-electron chi connectivity index (χ2n) is 5.51. The Kier molecular flexibility index (Phi) is 2.72. The molecule has 1 fully saturated rings. The van der Waals surface area contributed by atoms with Gasteiger partial charge in [-0.1, -0.05) is 24.3 Å². The number of nitrogens with zero attached hydrogens (tertiary/aromatic N) is 1. The predicted molar refractivity (Wildman–Crippen MR) is 77.6 cm³/mol. The Morgan fingerprint density at radius 1 is 1.05 bits per heavy atom. The Morgan fingerprint density at radius 2 is 1.89 bits per heavy atom. The van der Waals surface area contributed by atoms with Gasteiger partial charge in [-0.15, -0.1) is 11.3 Å². The topological polar surface area (TPSA) is 23.5 Å². The number of thiophene rings is 1. The summed E-state index contributed by atoms with van der Waals surface area (Å²) in [7, 11) is 0. The minimum Gasteiger partial charge on any atom is -0.390 e. The van der Waals surface area contributed by atoms with Gasteiger partial charge < -0.3 is 5.11 Å². The van der Waals surface area contributed by atoms with Crippen LogP contribution in [0.15, 0.2) is 35.7 Å².